The van der Waals surface area contributed by atoms with E-state index in [1.165, 1.54) is 34.8 Å². The Morgan fingerprint density at radius 2 is 2.09 bits per heavy atom. The highest BCUT2D eigenvalue weighted by molar-refractivity contribution is 7.22. The van der Waals surface area contributed by atoms with Crippen molar-refractivity contribution in [2.24, 2.45) is 0 Å². The first-order valence-corrected chi connectivity index (χ1v) is 8.80. The Morgan fingerprint density at radius 1 is 1.26 bits per heavy atom. The third-order valence-electron chi connectivity index (χ3n) is 3.32. The van der Waals surface area contributed by atoms with Crippen molar-refractivity contribution in [2.45, 2.75) is 0 Å². The molecule has 2 heterocycles. The standard InChI is InChI=1S/C16H16FN3OS2/c1-19(2)7-8-20(15(21)13-4-3-9-22-13)16-18-12-6-5-11(17)10-14(12)23-16/h3-6,9-10H,7-8H2,1-2H3. The van der Waals surface area contributed by atoms with Crippen molar-refractivity contribution in [3.63, 3.8) is 0 Å². The number of amides is 1. The van der Waals surface area contributed by atoms with E-state index in [0.717, 1.165) is 11.2 Å². The average molecular weight is 349 g/mol. The third kappa shape index (κ3) is 3.57. The molecule has 0 unspecified atom stereocenters. The lowest BCUT2D eigenvalue weighted by Gasteiger charge is -2.21. The number of carbonyl (C=O) groups excluding carboxylic acids is 1. The van der Waals surface area contributed by atoms with Crippen molar-refractivity contribution < 1.29 is 9.18 Å². The van der Waals surface area contributed by atoms with Crippen molar-refractivity contribution in [1.29, 1.82) is 0 Å². The van der Waals surface area contributed by atoms with Crippen molar-refractivity contribution in [3.8, 4) is 0 Å². The van der Waals surface area contributed by atoms with Crippen LogP contribution in [0.25, 0.3) is 10.2 Å². The van der Waals surface area contributed by atoms with Gasteiger partial charge in [-0.15, -0.1) is 11.3 Å². The van der Waals surface area contributed by atoms with E-state index < -0.39 is 0 Å². The van der Waals surface area contributed by atoms with Gasteiger partial charge in [0.05, 0.1) is 15.1 Å². The molecule has 7 heteroatoms. The van der Waals surface area contributed by atoms with Crippen LogP contribution in [0.3, 0.4) is 0 Å². The molecule has 1 aromatic carbocycles. The number of aromatic nitrogens is 1. The van der Waals surface area contributed by atoms with Crippen LogP contribution in [0.2, 0.25) is 0 Å². The van der Waals surface area contributed by atoms with Crippen molar-refractivity contribution in [2.75, 3.05) is 32.1 Å². The van der Waals surface area contributed by atoms with E-state index in [9.17, 15) is 9.18 Å². The van der Waals surface area contributed by atoms with Gasteiger partial charge >= 0.3 is 0 Å². The number of halogens is 1. The van der Waals surface area contributed by atoms with E-state index in [1.807, 2.05) is 36.5 Å². The van der Waals surface area contributed by atoms with Gasteiger partial charge in [-0.25, -0.2) is 9.37 Å². The zero-order chi connectivity index (χ0) is 16.4. The normalized spacial score (nSPS) is 11.3. The number of anilines is 1. The molecule has 3 rings (SSSR count). The fraction of sp³-hybridized carbons (Fsp3) is 0.250. The van der Waals surface area contributed by atoms with Crippen LogP contribution in [0.1, 0.15) is 9.67 Å². The molecule has 0 saturated carbocycles. The number of hydrogen-bond acceptors (Lipinski definition) is 5. The summed E-state index contributed by atoms with van der Waals surface area (Å²) in [6, 6.07) is 8.15. The second-order valence-electron chi connectivity index (χ2n) is 5.35. The molecule has 0 fully saturated rings. The van der Waals surface area contributed by atoms with E-state index in [2.05, 4.69) is 4.98 Å². The Balaban J connectivity index is 1.96. The van der Waals surface area contributed by atoms with Gasteiger partial charge in [0.25, 0.3) is 5.91 Å². The van der Waals surface area contributed by atoms with Crippen LogP contribution < -0.4 is 4.90 Å². The lowest BCUT2D eigenvalue weighted by Crippen LogP contribution is -2.36. The Hall–Kier alpha value is -1.83. The van der Waals surface area contributed by atoms with Crippen LogP contribution in [0.15, 0.2) is 35.7 Å². The highest BCUT2D eigenvalue weighted by Gasteiger charge is 2.22. The summed E-state index contributed by atoms with van der Waals surface area (Å²) < 4.78 is 14.1. The van der Waals surface area contributed by atoms with Crippen molar-refractivity contribution in [3.05, 3.63) is 46.4 Å². The van der Waals surface area contributed by atoms with Gasteiger partial charge in [0.2, 0.25) is 0 Å². The van der Waals surface area contributed by atoms with Gasteiger partial charge in [-0.1, -0.05) is 17.4 Å². The fourth-order valence-electron chi connectivity index (χ4n) is 2.12. The summed E-state index contributed by atoms with van der Waals surface area (Å²) >= 11 is 2.75. The van der Waals surface area contributed by atoms with Crippen molar-refractivity contribution in [1.82, 2.24) is 9.88 Å². The topological polar surface area (TPSA) is 36.4 Å². The number of thiophene rings is 1. The van der Waals surface area contributed by atoms with Gasteiger partial charge in [0.15, 0.2) is 5.13 Å². The maximum absolute atomic E-state index is 13.4. The molecule has 0 saturated heterocycles. The molecular weight excluding hydrogens is 333 g/mol. The molecule has 2 aromatic heterocycles. The van der Waals surface area contributed by atoms with Crippen LogP contribution in [0, 0.1) is 5.82 Å². The highest BCUT2D eigenvalue weighted by Crippen LogP contribution is 2.30. The Labute approximate surface area is 141 Å². The predicted octanol–water partition coefficient (Wildman–Crippen LogP) is 3.71. The number of carbonyl (C=O) groups is 1. The Morgan fingerprint density at radius 3 is 2.78 bits per heavy atom. The number of thiazole rings is 1. The van der Waals surface area contributed by atoms with E-state index >= 15 is 0 Å². The largest absolute Gasteiger partial charge is 0.308 e. The third-order valence-corrected chi connectivity index (χ3v) is 5.22. The monoisotopic (exact) mass is 349 g/mol. The van der Waals surface area contributed by atoms with Gasteiger partial charge in [0, 0.05) is 13.1 Å². The number of nitrogens with zero attached hydrogens (tertiary/aromatic N) is 3. The summed E-state index contributed by atoms with van der Waals surface area (Å²) in [7, 11) is 3.92. The Kier molecular flexibility index (Phi) is 4.70. The summed E-state index contributed by atoms with van der Waals surface area (Å²) in [5, 5.41) is 2.48. The molecule has 0 aliphatic rings. The molecular formula is C16H16FN3OS2. The molecule has 1 amide bonds. The molecule has 0 atom stereocenters. The quantitative estimate of drug-likeness (QED) is 0.705. The lowest BCUT2D eigenvalue weighted by atomic mass is 10.3. The summed E-state index contributed by atoms with van der Waals surface area (Å²) in [5.74, 6) is -0.362. The summed E-state index contributed by atoms with van der Waals surface area (Å²) in [5.41, 5.74) is 0.709. The first-order valence-electron chi connectivity index (χ1n) is 7.11. The molecule has 23 heavy (non-hydrogen) atoms. The molecule has 3 aromatic rings. The maximum atomic E-state index is 13.4. The predicted molar refractivity (Wildman–Crippen MR) is 94.1 cm³/mol. The number of hydrogen-bond donors (Lipinski definition) is 0. The minimum atomic E-state index is -0.294. The molecule has 0 N–H and O–H groups in total. The van der Waals surface area contributed by atoms with Crippen molar-refractivity contribution >= 4 is 43.9 Å². The second kappa shape index (κ2) is 6.74. The smallest absolute Gasteiger partial charge is 0.270 e. The molecule has 120 valence electrons. The van der Waals surface area contributed by atoms with Crippen LogP contribution in [0.5, 0.6) is 0 Å². The highest BCUT2D eigenvalue weighted by atomic mass is 32.1. The first-order chi connectivity index (χ1) is 11.0. The number of fused-ring (bicyclic) bond motifs is 1. The van der Waals surface area contributed by atoms with Gasteiger partial charge in [-0.2, -0.15) is 0 Å². The molecule has 0 bridgehead atoms. The number of likely N-dealkylation sites (N-methyl/N-ethyl adjacent to an activating group) is 1. The summed E-state index contributed by atoms with van der Waals surface area (Å²) in [6.45, 7) is 1.26. The molecule has 4 nitrogen and oxygen atoms in total. The summed E-state index contributed by atoms with van der Waals surface area (Å²) in [4.78, 5) is 21.6. The number of benzene rings is 1. The van der Waals surface area contributed by atoms with Crippen LogP contribution >= 0.6 is 22.7 Å². The maximum Gasteiger partial charge on any atom is 0.270 e. The SMILES string of the molecule is CN(C)CCN(C(=O)c1cccs1)c1nc2ccc(F)cc2s1. The van der Waals surface area contributed by atoms with E-state index in [4.69, 9.17) is 0 Å². The lowest BCUT2D eigenvalue weighted by molar-refractivity contribution is 0.0989. The van der Waals surface area contributed by atoms with Gasteiger partial charge in [0.1, 0.15) is 5.82 Å². The zero-order valence-corrected chi connectivity index (χ0v) is 14.5. The second-order valence-corrected chi connectivity index (χ2v) is 7.30. The first kappa shape index (κ1) is 16.0. The van der Waals surface area contributed by atoms with Crippen LogP contribution in [-0.4, -0.2) is 43.0 Å². The molecule has 0 aliphatic heterocycles. The molecule has 0 radical (unpaired) electrons. The minimum Gasteiger partial charge on any atom is -0.308 e. The van der Waals surface area contributed by atoms with E-state index in [-0.39, 0.29) is 11.7 Å². The van der Waals surface area contributed by atoms with E-state index in [0.29, 0.717) is 22.1 Å². The molecule has 0 spiro atoms. The summed E-state index contributed by atoms with van der Waals surface area (Å²) in [6.07, 6.45) is 0. The zero-order valence-electron chi connectivity index (χ0n) is 12.8. The Bertz CT molecular complexity index is 814. The minimum absolute atomic E-state index is 0.0682. The fourth-order valence-corrected chi connectivity index (χ4v) is 3.81. The average Bonchev–Trinajstić information content (AvgIpc) is 3.15. The van der Waals surface area contributed by atoms with Crippen LogP contribution in [-0.2, 0) is 0 Å². The van der Waals surface area contributed by atoms with Gasteiger partial charge in [-0.05, 0) is 43.7 Å². The van der Waals surface area contributed by atoms with Gasteiger partial charge < -0.3 is 4.90 Å². The number of rotatable bonds is 5. The van der Waals surface area contributed by atoms with Gasteiger partial charge in [-0.3, -0.25) is 9.69 Å². The van der Waals surface area contributed by atoms with Crippen LogP contribution in [0.4, 0.5) is 9.52 Å². The van der Waals surface area contributed by atoms with E-state index in [1.54, 1.807) is 11.0 Å². The molecule has 0 aliphatic carbocycles.